The lowest BCUT2D eigenvalue weighted by Gasteiger charge is -2.19. The summed E-state index contributed by atoms with van der Waals surface area (Å²) < 4.78 is 11.3. The second kappa shape index (κ2) is 7.59. The zero-order valence-electron chi connectivity index (χ0n) is 12.2. The molecule has 0 bridgehead atoms. The average Bonchev–Trinajstić information content (AvgIpc) is 2.73. The molecular formula is C15H27NO2. The van der Waals surface area contributed by atoms with E-state index in [1.807, 2.05) is 12.1 Å². The molecule has 0 fully saturated rings. The van der Waals surface area contributed by atoms with Gasteiger partial charge >= 0.3 is 0 Å². The largest absolute Gasteiger partial charge is 0.462 e. The lowest BCUT2D eigenvalue weighted by Crippen LogP contribution is -2.34. The standard InChI is InChI=1S/C15H27NO2/c1-5-6-7-10-17-12-14-9-8-13(18-14)11-16-15(2,3)4/h8-9,16H,5-7,10-12H2,1-4H3. The smallest absolute Gasteiger partial charge is 0.129 e. The van der Waals surface area contributed by atoms with E-state index in [2.05, 4.69) is 33.0 Å². The van der Waals surface area contributed by atoms with Crippen LogP contribution in [0.5, 0.6) is 0 Å². The SMILES string of the molecule is CCCCCOCc1ccc(CNC(C)(C)C)o1. The van der Waals surface area contributed by atoms with Gasteiger partial charge in [-0.1, -0.05) is 19.8 Å². The Morgan fingerprint density at radius 1 is 1.17 bits per heavy atom. The lowest BCUT2D eigenvalue weighted by atomic mass is 10.1. The van der Waals surface area contributed by atoms with E-state index in [9.17, 15) is 0 Å². The molecule has 0 atom stereocenters. The minimum Gasteiger partial charge on any atom is -0.462 e. The van der Waals surface area contributed by atoms with Gasteiger partial charge in [0.15, 0.2) is 0 Å². The molecule has 1 aromatic heterocycles. The number of ether oxygens (including phenoxy) is 1. The third kappa shape index (κ3) is 6.82. The zero-order chi connectivity index (χ0) is 13.4. The van der Waals surface area contributed by atoms with E-state index in [-0.39, 0.29) is 5.54 Å². The minimum absolute atomic E-state index is 0.115. The van der Waals surface area contributed by atoms with Crippen LogP contribution in [0.2, 0.25) is 0 Å². The first-order valence-electron chi connectivity index (χ1n) is 6.91. The molecule has 0 aromatic carbocycles. The fourth-order valence-electron chi connectivity index (χ4n) is 1.57. The number of hydrogen-bond donors (Lipinski definition) is 1. The zero-order valence-corrected chi connectivity index (χ0v) is 12.2. The maximum Gasteiger partial charge on any atom is 0.129 e. The van der Waals surface area contributed by atoms with E-state index in [1.54, 1.807) is 0 Å². The maximum absolute atomic E-state index is 5.70. The molecule has 1 heterocycles. The van der Waals surface area contributed by atoms with Gasteiger partial charge in [-0.15, -0.1) is 0 Å². The Bertz CT molecular complexity index is 325. The number of nitrogens with one attached hydrogen (secondary N) is 1. The Balaban J connectivity index is 2.22. The molecule has 0 spiro atoms. The van der Waals surface area contributed by atoms with Gasteiger partial charge in [-0.25, -0.2) is 0 Å². The summed E-state index contributed by atoms with van der Waals surface area (Å²) in [5.41, 5.74) is 0.115. The van der Waals surface area contributed by atoms with Crippen molar-refractivity contribution in [3.8, 4) is 0 Å². The number of unbranched alkanes of at least 4 members (excludes halogenated alkanes) is 2. The molecule has 0 aliphatic carbocycles. The van der Waals surface area contributed by atoms with Crippen LogP contribution in [-0.4, -0.2) is 12.1 Å². The summed E-state index contributed by atoms with van der Waals surface area (Å²) in [6.45, 7) is 10.8. The predicted octanol–water partition coefficient (Wildman–Crippen LogP) is 3.87. The summed E-state index contributed by atoms with van der Waals surface area (Å²) >= 11 is 0. The van der Waals surface area contributed by atoms with Crippen molar-refractivity contribution in [3.05, 3.63) is 23.7 Å². The van der Waals surface area contributed by atoms with Gasteiger partial charge in [-0.2, -0.15) is 0 Å². The van der Waals surface area contributed by atoms with E-state index in [4.69, 9.17) is 9.15 Å². The predicted molar refractivity (Wildman–Crippen MR) is 74.5 cm³/mol. The lowest BCUT2D eigenvalue weighted by molar-refractivity contribution is 0.102. The molecule has 3 heteroatoms. The van der Waals surface area contributed by atoms with Gasteiger partial charge in [0, 0.05) is 12.1 Å². The first kappa shape index (κ1) is 15.3. The summed E-state index contributed by atoms with van der Waals surface area (Å²) in [6, 6.07) is 4.02. The highest BCUT2D eigenvalue weighted by atomic mass is 16.5. The summed E-state index contributed by atoms with van der Waals surface area (Å²) in [5, 5.41) is 3.40. The Labute approximate surface area is 111 Å². The van der Waals surface area contributed by atoms with Crippen molar-refractivity contribution in [2.45, 2.75) is 65.6 Å². The van der Waals surface area contributed by atoms with Crippen LogP contribution in [0, 0.1) is 0 Å². The van der Waals surface area contributed by atoms with Crippen LogP contribution < -0.4 is 5.32 Å². The number of furan rings is 1. The topological polar surface area (TPSA) is 34.4 Å². The van der Waals surface area contributed by atoms with Crippen LogP contribution in [0.3, 0.4) is 0 Å². The normalized spacial score (nSPS) is 12.0. The van der Waals surface area contributed by atoms with Crippen LogP contribution in [0.1, 0.15) is 58.5 Å². The van der Waals surface area contributed by atoms with Crippen molar-refractivity contribution in [2.75, 3.05) is 6.61 Å². The van der Waals surface area contributed by atoms with Crippen LogP contribution in [0.25, 0.3) is 0 Å². The van der Waals surface area contributed by atoms with Crippen LogP contribution in [0.15, 0.2) is 16.5 Å². The Morgan fingerprint density at radius 3 is 2.56 bits per heavy atom. The van der Waals surface area contributed by atoms with Crippen molar-refractivity contribution in [1.82, 2.24) is 5.32 Å². The molecule has 0 amide bonds. The van der Waals surface area contributed by atoms with Crippen molar-refractivity contribution in [1.29, 1.82) is 0 Å². The Morgan fingerprint density at radius 2 is 1.89 bits per heavy atom. The quantitative estimate of drug-likeness (QED) is 0.714. The monoisotopic (exact) mass is 253 g/mol. The van der Waals surface area contributed by atoms with E-state index in [0.29, 0.717) is 6.61 Å². The fourth-order valence-corrected chi connectivity index (χ4v) is 1.57. The fraction of sp³-hybridized carbons (Fsp3) is 0.733. The molecule has 3 nitrogen and oxygen atoms in total. The highest BCUT2D eigenvalue weighted by Crippen LogP contribution is 2.11. The molecule has 0 unspecified atom stereocenters. The third-order valence-corrected chi connectivity index (χ3v) is 2.65. The van der Waals surface area contributed by atoms with Gasteiger partial charge in [0.05, 0.1) is 6.54 Å². The first-order valence-corrected chi connectivity index (χ1v) is 6.91. The van der Waals surface area contributed by atoms with Gasteiger partial charge in [0.2, 0.25) is 0 Å². The van der Waals surface area contributed by atoms with Crippen molar-refractivity contribution < 1.29 is 9.15 Å². The van der Waals surface area contributed by atoms with Gasteiger partial charge in [-0.3, -0.25) is 0 Å². The maximum atomic E-state index is 5.70. The van der Waals surface area contributed by atoms with Gasteiger partial charge in [-0.05, 0) is 39.3 Å². The highest BCUT2D eigenvalue weighted by molar-refractivity contribution is 5.06. The van der Waals surface area contributed by atoms with E-state index < -0.39 is 0 Å². The number of hydrogen-bond acceptors (Lipinski definition) is 3. The molecule has 0 aliphatic rings. The average molecular weight is 253 g/mol. The van der Waals surface area contributed by atoms with Crippen LogP contribution in [0.4, 0.5) is 0 Å². The summed E-state index contributed by atoms with van der Waals surface area (Å²) in [7, 11) is 0. The first-order chi connectivity index (χ1) is 8.51. The van der Waals surface area contributed by atoms with Crippen molar-refractivity contribution in [3.63, 3.8) is 0 Å². The molecule has 18 heavy (non-hydrogen) atoms. The number of rotatable bonds is 8. The van der Waals surface area contributed by atoms with E-state index in [0.717, 1.165) is 31.1 Å². The summed E-state index contributed by atoms with van der Waals surface area (Å²) in [5.74, 6) is 1.88. The van der Waals surface area contributed by atoms with Gasteiger partial charge in [0.25, 0.3) is 0 Å². The van der Waals surface area contributed by atoms with Crippen LogP contribution in [-0.2, 0) is 17.9 Å². The highest BCUT2D eigenvalue weighted by Gasteiger charge is 2.10. The molecule has 1 rings (SSSR count). The molecule has 1 aromatic rings. The summed E-state index contributed by atoms with van der Waals surface area (Å²) in [4.78, 5) is 0. The molecule has 0 radical (unpaired) electrons. The Hall–Kier alpha value is -0.800. The molecule has 0 saturated heterocycles. The Kier molecular flexibility index (Phi) is 6.44. The van der Waals surface area contributed by atoms with Gasteiger partial charge in [0.1, 0.15) is 18.1 Å². The van der Waals surface area contributed by atoms with Crippen molar-refractivity contribution >= 4 is 0 Å². The van der Waals surface area contributed by atoms with Crippen LogP contribution >= 0.6 is 0 Å². The molecule has 104 valence electrons. The second-order valence-corrected chi connectivity index (χ2v) is 5.73. The van der Waals surface area contributed by atoms with Gasteiger partial charge < -0.3 is 14.5 Å². The molecular weight excluding hydrogens is 226 g/mol. The van der Waals surface area contributed by atoms with E-state index >= 15 is 0 Å². The minimum atomic E-state index is 0.115. The molecule has 0 saturated carbocycles. The van der Waals surface area contributed by atoms with Crippen molar-refractivity contribution in [2.24, 2.45) is 0 Å². The molecule has 0 aliphatic heterocycles. The van der Waals surface area contributed by atoms with E-state index in [1.165, 1.54) is 12.8 Å². The summed E-state index contributed by atoms with van der Waals surface area (Å²) in [6.07, 6.45) is 3.60. The molecule has 1 N–H and O–H groups in total. The second-order valence-electron chi connectivity index (χ2n) is 5.73. The third-order valence-electron chi connectivity index (χ3n) is 2.65.